The first-order valence-electron chi connectivity index (χ1n) is 8.73. The Kier molecular flexibility index (Phi) is 4.93. The Morgan fingerprint density at radius 2 is 1.66 bits per heavy atom. The molecule has 4 rings (SSSR count). The largest absolute Gasteiger partial charge is 0.366 e. The van der Waals surface area contributed by atoms with Crippen LogP contribution < -0.4 is 5.73 Å². The number of H-pyrrole nitrogens is 1. The second-order valence-corrected chi connectivity index (χ2v) is 6.78. The fraction of sp³-hybridized carbons (Fsp3) is 0. The fourth-order valence-corrected chi connectivity index (χ4v) is 3.03. The van der Waals surface area contributed by atoms with Gasteiger partial charge < -0.3 is 10.7 Å². The third kappa shape index (κ3) is 3.93. The van der Waals surface area contributed by atoms with Gasteiger partial charge in [0.25, 0.3) is 0 Å². The van der Waals surface area contributed by atoms with Crippen LogP contribution in [-0.2, 0) is 4.79 Å². The van der Waals surface area contributed by atoms with E-state index in [1.54, 1.807) is 54.9 Å². The summed E-state index contributed by atoms with van der Waals surface area (Å²) in [4.78, 5) is 35.6. The zero-order valence-corrected chi connectivity index (χ0v) is 15.9. The van der Waals surface area contributed by atoms with Crippen molar-refractivity contribution in [3.8, 4) is 11.3 Å². The van der Waals surface area contributed by atoms with Gasteiger partial charge in [0.2, 0.25) is 5.91 Å². The van der Waals surface area contributed by atoms with Gasteiger partial charge in [-0.2, -0.15) is 0 Å². The third-order valence-corrected chi connectivity index (χ3v) is 4.64. The Morgan fingerprint density at radius 3 is 2.31 bits per heavy atom. The normalized spacial score (nSPS) is 11.2. The van der Waals surface area contributed by atoms with Crippen molar-refractivity contribution >= 4 is 40.5 Å². The predicted octanol–water partition coefficient (Wildman–Crippen LogP) is 4.01. The number of carbonyl (C=O) groups is 2. The number of hydrogen-bond acceptors (Lipinski definition) is 4. The molecule has 0 bridgehead atoms. The van der Waals surface area contributed by atoms with Crippen LogP contribution in [0.2, 0.25) is 5.02 Å². The van der Waals surface area contributed by atoms with Crippen molar-refractivity contribution in [1.29, 1.82) is 0 Å². The number of nitrogens with two attached hydrogens (primary N) is 1. The summed E-state index contributed by atoms with van der Waals surface area (Å²) in [7, 11) is 0. The number of rotatable bonds is 5. The highest BCUT2D eigenvalue weighted by Crippen LogP contribution is 2.23. The first kappa shape index (κ1) is 18.6. The van der Waals surface area contributed by atoms with Crippen molar-refractivity contribution in [1.82, 2.24) is 15.0 Å². The second kappa shape index (κ2) is 7.69. The minimum absolute atomic E-state index is 0.0840. The van der Waals surface area contributed by atoms with Gasteiger partial charge in [0.05, 0.1) is 11.9 Å². The lowest BCUT2D eigenvalue weighted by Gasteiger charge is -2.04. The molecule has 0 aliphatic heterocycles. The van der Waals surface area contributed by atoms with Gasteiger partial charge in [0.1, 0.15) is 5.52 Å². The Hall–Kier alpha value is -3.77. The lowest BCUT2D eigenvalue weighted by Crippen LogP contribution is -2.05. The van der Waals surface area contributed by atoms with E-state index in [0.717, 1.165) is 5.56 Å². The van der Waals surface area contributed by atoms with Crippen molar-refractivity contribution < 1.29 is 9.59 Å². The summed E-state index contributed by atoms with van der Waals surface area (Å²) in [6.45, 7) is 0. The molecule has 29 heavy (non-hydrogen) atoms. The summed E-state index contributed by atoms with van der Waals surface area (Å²) in [5.74, 6) is -0.622. The average molecular weight is 403 g/mol. The van der Waals surface area contributed by atoms with Crippen LogP contribution in [0.3, 0.4) is 0 Å². The molecular weight excluding hydrogens is 388 g/mol. The van der Waals surface area contributed by atoms with Crippen molar-refractivity contribution in [3.05, 3.63) is 88.7 Å². The second-order valence-electron chi connectivity index (χ2n) is 6.35. The number of primary amides is 1. The van der Waals surface area contributed by atoms with Crippen molar-refractivity contribution in [2.24, 2.45) is 5.73 Å². The smallest absolute Gasteiger partial charge is 0.241 e. The quantitative estimate of drug-likeness (QED) is 0.389. The van der Waals surface area contributed by atoms with Gasteiger partial charge in [0, 0.05) is 39.5 Å². The summed E-state index contributed by atoms with van der Waals surface area (Å²) < 4.78 is 0. The number of fused-ring (bicyclic) bond motifs is 1. The first-order chi connectivity index (χ1) is 14.0. The molecule has 0 saturated carbocycles. The van der Waals surface area contributed by atoms with Gasteiger partial charge >= 0.3 is 0 Å². The number of nitrogens with one attached hydrogen (secondary N) is 1. The van der Waals surface area contributed by atoms with Crippen molar-refractivity contribution in [3.63, 3.8) is 0 Å². The number of ketones is 1. The van der Waals surface area contributed by atoms with E-state index in [1.807, 2.05) is 12.1 Å². The highest BCUT2D eigenvalue weighted by Gasteiger charge is 2.11. The molecule has 2 heterocycles. The zero-order chi connectivity index (χ0) is 20.4. The first-order valence-corrected chi connectivity index (χ1v) is 9.11. The number of carbonyl (C=O) groups excluding carboxylic acids is 2. The molecule has 2 aromatic heterocycles. The lowest BCUT2D eigenvalue weighted by molar-refractivity contribution is -0.113. The molecule has 6 nitrogen and oxygen atoms in total. The average Bonchev–Trinajstić information content (AvgIpc) is 3.14. The number of aromatic nitrogens is 3. The summed E-state index contributed by atoms with van der Waals surface area (Å²) in [6, 6.07) is 13.9. The third-order valence-electron chi connectivity index (χ3n) is 4.39. The van der Waals surface area contributed by atoms with Crippen LogP contribution in [-0.4, -0.2) is 26.6 Å². The van der Waals surface area contributed by atoms with Crippen LogP contribution in [0.5, 0.6) is 0 Å². The van der Waals surface area contributed by atoms with E-state index >= 15 is 0 Å². The molecule has 0 radical (unpaired) electrons. The summed E-state index contributed by atoms with van der Waals surface area (Å²) in [6.07, 6.45) is 6.22. The predicted molar refractivity (Wildman–Crippen MR) is 112 cm³/mol. The molecule has 2 aromatic carbocycles. The van der Waals surface area contributed by atoms with Crippen LogP contribution in [0.15, 0.2) is 67.0 Å². The highest BCUT2D eigenvalue weighted by atomic mass is 35.5. The number of halogens is 1. The molecule has 1 amide bonds. The minimum Gasteiger partial charge on any atom is -0.366 e. The molecule has 7 heteroatoms. The molecule has 0 aliphatic rings. The van der Waals surface area contributed by atoms with E-state index in [-0.39, 0.29) is 5.78 Å². The minimum atomic E-state index is -0.538. The van der Waals surface area contributed by atoms with Gasteiger partial charge in [0.15, 0.2) is 11.4 Å². The molecule has 0 spiro atoms. The maximum absolute atomic E-state index is 12.6. The standard InChI is InChI=1S/C22H15ClN4O2/c23-17-8-5-15(6-9-17)21(29)14-3-1-13(2-4-14)18-12-26-22-20(27-18)16(11-25-22)7-10-19(24)28/h1-12H,(H2,24,28)(H,25,26)/b10-7+. The van der Waals surface area contributed by atoms with Crippen LogP contribution in [0.4, 0.5) is 0 Å². The molecule has 0 fully saturated rings. The van der Waals surface area contributed by atoms with E-state index in [1.165, 1.54) is 6.08 Å². The summed E-state index contributed by atoms with van der Waals surface area (Å²) >= 11 is 5.88. The van der Waals surface area contributed by atoms with Crippen LogP contribution in [0.25, 0.3) is 28.5 Å². The van der Waals surface area contributed by atoms with Crippen LogP contribution in [0.1, 0.15) is 21.5 Å². The SMILES string of the molecule is NC(=O)/C=C/c1c[nH]c2ncc(-c3ccc(C(=O)c4ccc(Cl)cc4)cc3)nc12. The topological polar surface area (TPSA) is 102 Å². The molecule has 0 saturated heterocycles. The Labute approximate surface area is 171 Å². The maximum atomic E-state index is 12.6. The Bertz CT molecular complexity index is 1240. The van der Waals surface area contributed by atoms with E-state index in [0.29, 0.717) is 38.6 Å². The van der Waals surface area contributed by atoms with E-state index in [2.05, 4.69) is 15.0 Å². The van der Waals surface area contributed by atoms with Gasteiger partial charge in [-0.3, -0.25) is 9.59 Å². The monoisotopic (exact) mass is 402 g/mol. The van der Waals surface area contributed by atoms with Gasteiger partial charge in [-0.05, 0) is 30.3 Å². The number of benzene rings is 2. The van der Waals surface area contributed by atoms with Crippen LogP contribution >= 0.6 is 11.6 Å². The molecular formula is C22H15ClN4O2. The Balaban J connectivity index is 1.64. The maximum Gasteiger partial charge on any atom is 0.241 e. The lowest BCUT2D eigenvalue weighted by atomic mass is 10.0. The number of aromatic amines is 1. The Morgan fingerprint density at radius 1 is 1.00 bits per heavy atom. The van der Waals surface area contributed by atoms with Gasteiger partial charge in [-0.15, -0.1) is 0 Å². The van der Waals surface area contributed by atoms with E-state index in [9.17, 15) is 9.59 Å². The number of amides is 1. The highest BCUT2D eigenvalue weighted by molar-refractivity contribution is 6.30. The molecule has 0 unspecified atom stereocenters. The van der Waals surface area contributed by atoms with Crippen LogP contribution in [0, 0.1) is 0 Å². The van der Waals surface area contributed by atoms with E-state index < -0.39 is 5.91 Å². The summed E-state index contributed by atoms with van der Waals surface area (Å²) in [5, 5.41) is 0.584. The zero-order valence-electron chi connectivity index (χ0n) is 15.1. The van der Waals surface area contributed by atoms with E-state index in [4.69, 9.17) is 17.3 Å². The molecule has 0 aliphatic carbocycles. The van der Waals surface area contributed by atoms with Gasteiger partial charge in [-0.25, -0.2) is 9.97 Å². The molecule has 0 atom stereocenters. The molecule has 142 valence electrons. The summed E-state index contributed by atoms with van der Waals surface area (Å²) in [5.41, 5.74) is 9.70. The van der Waals surface area contributed by atoms with Gasteiger partial charge in [-0.1, -0.05) is 35.9 Å². The molecule has 4 aromatic rings. The number of hydrogen-bond donors (Lipinski definition) is 2. The van der Waals surface area contributed by atoms with Crippen molar-refractivity contribution in [2.45, 2.75) is 0 Å². The number of nitrogens with zero attached hydrogens (tertiary/aromatic N) is 2. The fourth-order valence-electron chi connectivity index (χ4n) is 2.91. The van der Waals surface area contributed by atoms with Crippen molar-refractivity contribution in [2.75, 3.05) is 0 Å². The molecule has 3 N–H and O–H groups in total.